The van der Waals surface area contributed by atoms with Gasteiger partial charge in [-0.15, -0.1) is 4.91 Å². The number of amides is 2. The first-order valence-electron chi connectivity index (χ1n) is 6.15. The van der Waals surface area contributed by atoms with Crippen LogP contribution >= 0.6 is 11.3 Å². The zero-order valence-corrected chi connectivity index (χ0v) is 12.6. The molecule has 0 aliphatic heterocycles. The number of benzene rings is 1. The van der Waals surface area contributed by atoms with Crippen molar-refractivity contribution < 1.29 is 19.3 Å². The average molecular weight is 321 g/mol. The molecule has 0 aliphatic carbocycles. The van der Waals surface area contributed by atoms with E-state index in [2.05, 4.69) is 15.5 Å². The summed E-state index contributed by atoms with van der Waals surface area (Å²) in [4.78, 5) is 38.2. The molecule has 0 fully saturated rings. The Morgan fingerprint density at radius 1 is 1.32 bits per heavy atom. The van der Waals surface area contributed by atoms with Gasteiger partial charge in [-0.25, -0.2) is 14.6 Å². The minimum atomic E-state index is -0.588. The highest BCUT2D eigenvalue weighted by molar-refractivity contribution is 7.18. The van der Waals surface area contributed by atoms with Crippen molar-refractivity contribution in [2.45, 2.75) is 0 Å². The summed E-state index contributed by atoms with van der Waals surface area (Å²) in [6.45, 7) is 0. The molecule has 22 heavy (non-hydrogen) atoms. The molecule has 114 valence electrons. The maximum absolute atomic E-state index is 12.2. The quantitative estimate of drug-likeness (QED) is 0.872. The number of carbonyl (C=O) groups excluding carboxylic acids is 2. The number of nitroso groups, excluding NO2 is 1. The van der Waals surface area contributed by atoms with E-state index >= 15 is 0 Å². The second-order valence-electron chi connectivity index (χ2n) is 4.36. The molecular weight excluding hydrogens is 308 g/mol. The molecule has 2 amide bonds. The maximum Gasteiger partial charge on any atom is 0.414 e. The molecule has 0 spiro atoms. The molecule has 0 bridgehead atoms. The number of nitrogens with one attached hydrogen (secondary N) is 2. The Bertz CT molecular complexity index is 714. The minimum Gasteiger partial charge on any atom is -0.409 e. The van der Waals surface area contributed by atoms with Crippen molar-refractivity contribution in [1.82, 2.24) is 4.90 Å². The lowest BCUT2D eigenvalue weighted by atomic mass is 10.2. The monoisotopic (exact) mass is 321 g/mol. The standard InChI is InChI=1S/C13H12N4O4S/c1-17(2)13(19)21-9-6-4-3-5-8(9)11(18)15-12-14-7-10(16-20)22-12/h3-7H,1-2H3,(H,14,15,18)/p+1. The molecule has 0 saturated heterocycles. The maximum atomic E-state index is 12.2. The largest absolute Gasteiger partial charge is 0.414 e. The third kappa shape index (κ3) is 3.64. The number of aromatic amines is 1. The number of hydrogen-bond acceptors (Lipinski definition) is 6. The second-order valence-corrected chi connectivity index (χ2v) is 5.39. The number of rotatable bonds is 4. The molecule has 0 radical (unpaired) electrons. The number of H-pyrrole nitrogens is 1. The van der Waals surface area contributed by atoms with Crippen molar-refractivity contribution in [3.63, 3.8) is 0 Å². The summed E-state index contributed by atoms with van der Waals surface area (Å²) in [5.41, 5.74) is 0.195. The Kier molecular flexibility index (Phi) is 4.79. The minimum absolute atomic E-state index is 0.143. The summed E-state index contributed by atoms with van der Waals surface area (Å²) >= 11 is 0.998. The lowest BCUT2D eigenvalue weighted by molar-refractivity contribution is -0.353. The summed E-state index contributed by atoms with van der Waals surface area (Å²) in [7, 11) is 3.08. The predicted octanol–water partition coefficient (Wildman–Crippen LogP) is 2.27. The fourth-order valence-electron chi connectivity index (χ4n) is 1.50. The molecule has 2 N–H and O–H groups in total. The van der Waals surface area contributed by atoms with E-state index in [9.17, 15) is 14.5 Å². The molecule has 9 heteroatoms. The molecule has 0 unspecified atom stereocenters. The Hall–Kier alpha value is -2.81. The van der Waals surface area contributed by atoms with Crippen LogP contribution in [0.15, 0.2) is 35.6 Å². The SMILES string of the molecule is CN(C)C(=O)Oc1ccccc1C(=O)Nc1[nH+]cc(N=O)s1. The number of aromatic nitrogens is 1. The van der Waals surface area contributed by atoms with Gasteiger partial charge in [-0.2, -0.15) is 5.32 Å². The van der Waals surface area contributed by atoms with E-state index in [1.54, 1.807) is 26.2 Å². The van der Waals surface area contributed by atoms with E-state index in [1.807, 2.05) is 0 Å². The number of ether oxygens (including phenoxy) is 1. The van der Waals surface area contributed by atoms with Crippen LogP contribution in [0.4, 0.5) is 14.9 Å². The van der Waals surface area contributed by atoms with E-state index < -0.39 is 12.0 Å². The van der Waals surface area contributed by atoms with Crippen molar-refractivity contribution in [2.75, 3.05) is 19.4 Å². The van der Waals surface area contributed by atoms with E-state index in [0.717, 1.165) is 11.3 Å². The van der Waals surface area contributed by atoms with E-state index in [-0.39, 0.29) is 16.3 Å². The van der Waals surface area contributed by atoms with Crippen molar-refractivity contribution in [1.29, 1.82) is 0 Å². The molecule has 8 nitrogen and oxygen atoms in total. The summed E-state index contributed by atoms with van der Waals surface area (Å²) in [6, 6.07) is 6.35. The molecule has 0 saturated carbocycles. The fraction of sp³-hybridized carbons (Fsp3) is 0.154. The summed E-state index contributed by atoms with van der Waals surface area (Å²) in [5, 5.41) is 5.90. The number of hydrogen-bond donors (Lipinski definition) is 1. The average Bonchev–Trinajstić information content (AvgIpc) is 2.95. The van der Waals surface area contributed by atoms with Gasteiger partial charge in [0.05, 0.1) is 0 Å². The fourth-order valence-corrected chi connectivity index (χ4v) is 2.12. The smallest absolute Gasteiger partial charge is 0.409 e. The first kappa shape index (κ1) is 15.6. The topological polar surface area (TPSA) is 102 Å². The number of carbonyl (C=O) groups is 2. The molecule has 0 atom stereocenters. The molecule has 2 aromatic rings. The van der Waals surface area contributed by atoms with Gasteiger partial charge < -0.3 is 9.64 Å². The van der Waals surface area contributed by atoms with Crippen LogP contribution in [-0.4, -0.2) is 31.0 Å². The van der Waals surface area contributed by atoms with Gasteiger partial charge in [-0.3, -0.25) is 0 Å². The van der Waals surface area contributed by atoms with Crippen LogP contribution in [0, 0.1) is 4.91 Å². The summed E-state index contributed by atoms with van der Waals surface area (Å²) < 4.78 is 5.14. The Morgan fingerprint density at radius 2 is 2.05 bits per heavy atom. The Balaban J connectivity index is 2.18. The van der Waals surface area contributed by atoms with Gasteiger partial charge >= 0.3 is 17.1 Å². The number of thiazole rings is 1. The lowest BCUT2D eigenvalue weighted by Gasteiger charge is -2.12. The highest BCUT2D eigenvalue weighted by Gasteiger charge is 2.21. The zero-order chi connectivity index (χ0) is 16.1. The van der Waals surface area contributed by atoms with E-state index in [1.165, 1.54) is 23.2 Å². The van der Waals surface area contributed by atoms with Crippen LogP contribution in [0.5, 0.6) is 5.75 Å². The third-order valence-corrected chi connectivity index (χ3v) is 3.37. The zero-order valence-electron chi connectivity index (χ0n) is 11.8. The van der Waals surface area contributed by atoms with Crippen molar-refractivity contribution >= 4 is 33.5 Å². The van der Waals surface area contributed by atoms with Gasteiger partial charge in [0.15, 0.2) is 0 Å². The van der Waals surface area contributed by atoms with Crippen LogP contribution in [0.2, 0.25) is 0 Å². The van der Waals surface area contributed by atoms with Gasteiger partial charge in [0.25, 0.3) is 0 Å². The van der Waals surface area contributed by atoms with Gasteiger partial charge in [0.1, 0.15) is 17.5 Å². The summed E-state index contributed by atoms with van der Waals surface area (Å²) in [6.07, 6.45) is 0.793. The van der Waals surface area contributed by atoms with Crippen LogP contribution in [0.25, 0.3) is 0 Å². The third-order valence-electron chi connectivity index (χ3n) is 2.54. The first-order valence-corrected chi connectivity index (χ1v) is 6.97. The molecule has 2 rings (SSSR count). The Labute approximate surface area is 129 Å². The van der Waals surface area contributed by atoms with Crippen LogP contribution in [0.1, 0.15) is 10.4 Å². The van der Waals surface area contributed by atoms with Crippen molar-refractivity contribution in [3.05, 3.63) is 40.9 Å². The predicted molar refractivity (Wildman–Crippen MR) is 80.4 cm³/mol. The van der Waals surface area contributed by atoms with Gasteiger partial charge in [-0.1, -0.05) is 12.1 Å². The molecule has 1 aromatic carbocycles. The Morgan fingerprint density at radius 3 is 2.68 bits per heavy atom. The molecule has 1 aromatic heterocycles. The highest BCUT2D eigenvalue weighted by Crippen LogP contribution is 2.24. The molecule has 0 aliphatic rings. The second kappa shape index (κ2) is 6.76. The van der Waals surface area contributed by atoms with Gasteiger partial charge in [0, 0.05) is 14.1 Å². The summed E-state index contributed by atoms with van der Waals surface area (Å²) in [5.74, 6) is -0.332. The van der Waals surface area contributed by atoms with Crippen LogP contribution in [0.3, 0.4) is 0 Å². The van der Waals surface area contributed by atoms with E-state index in [4.69, 9.17) is 4.74 Å². The molecular formula is C13H13N4O4S+. The van der Waals surface area contributed by atoms with Crippen molar-refractivity contribution in [2.24, 2.45) is 5.18 Å². The number of anilines is 1. The van der Waals surface area contributed by atoms with Crippen LogP contribution in [-0.2, 0) is 0 Å². The van der Waals surface area contributed by atoms with Gasteiger partial charge in [-0.05, 0) is 28.6 Å². The first-order chi connectivity index (χ1) is 10.5. The normalized spacial score (nSPS) is 9.91. The lowest BCUT2D eigenvalue weighted by Crippen LogP contribution is -2.26. The molecule has 1 heterocycles. The number of nitrogens with zero attached hydrogens (tertiary/aromatic N) is 2. The van der Waals surface area contributed by atoms with E-state index in [0.29, 0.717) is 5.13 Å². The van der Waals surface area contributed by atoms with Crippen molar-refractivity contribution in [3.8, 4) is 5.75 Å². The van der Waals surface area contributed by atoms with Gasteiger partial charge in [0.2, 0.25) is 5.00 Å². The number of para-hydroxylation sites is 1. The highest BCUT2D eigenvalue weighted by atomic mass is 32.1. The van der Waals surface area contributed by atoms with Crippen LogP contribution < -0.4 is 15.0 Å².